The lowest BCUT2D eigenvalue weighted by atomic mass is 9.92. The number of carboxylic acid groups (broad SMARTS) is 2. The molecule has 0 aliphatic carbocycles. The average Bonchev–Trinajstić information content (AvgIpc) is 0.742. The number of carboxylic acids is 2. The summed E-state index contributed by atoms with van der Waals surface area (Å²) in [5.74, 6) is -15.4. The van der Waals surface area contributed by atoms with Crippen molar-refractivity contribution in [2.75, 3.05) is 96.9 Å². The summed E-state index contributed by atoms with van der Waals surface area (Å²) >= 11 is 0. The molecule has 0 radical (unpaired) electrons. The molecule has 9 amide bonds. The third kappa shape index (κ3) is 40.1. The summed E-state index contributed by atoms with van der Waals surface area (Å²) in [4.78, 5) is 160. The molecule has 3 aromatic carbocycles. The normalized spacial score (nSPS) is 12.9. The molecular weight excluding hydrogens is 1710 g/mol. The lowest BCUT2D eigenvalue weighted by molar-refractivity contribution is -0.142. The lowest BCUT2D eigenvalue weighted by Crippen LogP contribution is -2.60. The number of aromatic carboxylic acids is 1. The summed E-state index contributed by atoms with van der Waals surface area (Å²) < 4.78 is 6.42. The molecule has 720 valence electrons. The van der Waals surface area contributed by atoms with E-state index in [1.165, 1.54) is 18.2 Å². The molecule has 0 aliphatic heterocycles. The smallest absolute Gasteiger partial charge is 0.363 e. The van der Waals surface area contributed by atoms with Gasteiger partial charge in [-0.1, -0.05) is 6.07 Å². The number of guanidine groups is 9. The highest BCUT2D eigenvalue weighted by atomic mass is 16.4. The van der Waals surface area contributed by atoms with Crippen molar-refractivity contribution in [3.05, 3.63) is 65.7 Å². The van der Waals surface area contributed by atoms with Crippen molar-refractivity contribution in [3.63, 3.8) is 0 Å². The third-order valence-electron chi connectivity index (χ3n) is 20.0. The molecule has 4 rings (SSSR count). The van der Waals surface area contributed by atoms with Crippen molar-refractivity contribution in [3.8, 4) is 11.1 Å². The Hall–Kier alpha value is -15.3. The molecule has 0 fully saturated rings. The van der Waals surface area contributed by atoms with Crippen LogP contribution in [0, 0.1) is 48.7 Å². The molecular formula is C79H131N38O14+. The SMILES string of the molecule is CN(C)c1ccc2c(-c3ccc(C(=O)NC(=N)NCCC[C@H](N)C(=O)N[C@@H](CCCNC(=N)N)C(=O)N[C@@H](CCCNC(=N)N)C(=O)N[C@@H](CCCNC(=N)N)C(=O)N[C@@H](CCCNC(=N)N)C(=O)N[C@@H](CCCNC(=N)N)C(=O)N[C@@H](CCCNC(=N)N)C(=O)N[C@@H](CCCNC(=N)N)C(=O)N[C@@H](CCCNC(=N)N)C(=O)O)cc3C(=O)O)c3ccc(N(C)C)cc3[o+]c2c1. The summed E-state index contributed by atoms with van der Waals surface area (Å²) in [6.45, 7) is -0.141. The molecule has 131 heavy (non-hydrogen) atoms. The van der Waals surface area contributed by atoms with Crippen LogP contribution in [0.15, 0.2) is 59.0 Å². The second-order valence-electron chi connectivity index (χ2n) is 30.9. The molecule has 0 unspecified atom stereocenters. The molecule has 0 spiro atoms. The molecule has 1 aromatic heterocycles. The molecule has 52 heteroatoms. The van der Waals surface area contributed by atoms with Crippen LogP contribution in [0.25, 0.3) is 33.1 Å². The first-order valence-corrected chi connectivity index (χ1v) is 42.2. The number of carbonyl (C=O) groups is 11. The second kappa shape index (κ2) is 56.0. The number of aliphatic carboxylic acids is 1. The summed E-state index contributed by atoms with van der Waals surface area (Å²) in [6, 6.07) is 1.46. The summed E-state index contributed by atoms with van der Waals surface area (Å²) in [5, 5.41) is 139. The van der Waals surface area contributed by atoms with Crippen LogP contribution in [0.2, 0.25) is 0 Å². The van der Waals surface area contributed by atoms with Gasteiger partial charge in [0.05, 0.1) is 34.5 Å². The maximum absolute atomic E-state index is 15.0. The van der Waals surface area contributed by atoms with Gasteiger partial charge in [0.2, 0.25) is 47.3 Å². The highest BCUT2D eigenvalue weighted by Gasteiger charge is 2.37. The molecule has 0 saturated heterocycles. The van der Waals surface area contributed by atoms with E-state index >= 15 is 4.79 Å². The number of rotatable bonds is 58. The zero-order valence-corrected chi connectivity index (χ0v) is 73.9. The van der Waals surface area contributed by atoms with Crippen molar-refractivity contribution in [2.24, 2.45) is 51.6 Å². The fraction of sp³-hybridized carbons (Fsp3) is 0.506. The van der Waals surface area contributed by atoms with Crippen LogP contribution < -0.4 is 157 Å². The number of nitrogens with one attached hydrogen (secondary N) is 27. The molecule has 0 bridgehead atoms. The Morgan fingerprint density at radius 3 is 0.847 bits per heavy atom. The Kier molecular flexibility index (Phi) is 46.2. The molecule has 52 nitrogen and oxygen atoms in total. The Morgan fingerprint density at radius 1 is 0.336 bits per heavy atom. The quantitative estimate of drug-likeness (QED) is 0.00643. The van der Waals surface area contributed by atoms with E-state index in [2.05, 4.69) is 95.7 Å². The molecule has 0 aliphatic rings. The minimum absolute atomic E-state index is 0.00734. The average molecular weight is 1840 g/mol. The van der Waals surface area contributed by atoms with Gasteiger partial charge < -0.3 is 162 Å². The number of anilines is 2. The van der Waals surface area contributed by atoms with Crippen molar-refractivity contribution >= 4 is 152 Å². The van der Waals surface area contributed by atoms with Gasteiger partial charge in [0.1, 0.15) is 48.3 Å². The summed E-state index contributed by atoms with van der Waals surface area (Å²) in [6.07, 6.45) is -1.49. The Bertz CT molecular complexity index is 4640. The van der Waals surface area contributed by atoms with Crippen molar-refractivity contribution in [1.82, 2.24) is 95.7 Å². The fourth-order valence-electron chi connectivity index (χ4n) is 13.2. The zero-order chi connectivity index (χ0) is 97.6. The van der Waals surface area contributed by atoms with Gasteiger partial charge in [-0.15, -0.1) is 0 Å². The lowest BCUT2D eigenvalue weighted by Gasteiger charge is -2.28. The van der Waals surface area contributed by atoms with Gasteiger partial charge in [-0.25, -0.2) is 14.0 Å². The summed E-state index contributed by atoms with van der Waals surface area (Å²) in [5.41, 5.74) is 53.8. The number of hydrogen-bond donors (Lipinski definition) is 38. The third-order valence-corrected chi connectivity index (χ3v) is 20.0. The number of hydrogen-bond acceptors (Lipinski definition) is 23. The first kappa shape index (κ1) is 108. The van der Waals surface area contributed by atoms with Gasteiger partial charge in [-0.2, -0.15) is 0 Å². The van der Waals surface area contributed by atoms with Gasteiger partial charge in [0, 0.05) is 110 Å². The molecule has 9 atom stereocenters. The van der Waals surface area contributed by atoms with E-state index in [0.29, 0.717) is 33.1 Å². The monoisotopic (exact) mass is 1840 g/mol. The Morgan fingerprint density at radius 2 is 0.588 bits per heavy atom. The topological polar surface area (TPSA) is 911 Å². The fourth-order valence-corrected chi connectivity index (χ4v) is 13.2. The molecule has 1 heterocycles. The van der Waals surface area contributed by atoms with Gasteiger partial charge in [0.25, 0.3) is 5.91 Å². The van der Waals surface area contributed by atoms with Crippen molar-refractivity contribution in [2.45, 2.75) is 170 Å². The predicted molar refractivity (Wildman–Crippen MR) is 496 cm³/mol. The van der Waals surface area contributed by atoms with Crippen LogP contribution >= 0.6 is 0 Å². The number of fused-ring (bicyclic) bond motifs is 2. The maximum Gasteiger partial charge on any atom is 0.363 e. The van der Waals surface area contributed by atoms with E-state index < -0.39 is 167 Å². The van der Waals surface area contributed by atoms with E-state index in [1.54, 1.807) is 0 Å². The van der Waals surface area contributed by atoms with Crippen molar-refractivity contribution < 1.29 is 67.4 Å². The van der Waals surface area contributed by atoms with Gasteiger partial charge in [-0.05, 0) is 158 Å². The number of nitrogens with zero attached hydrogens (tertiary/aromatic N) is 2. The zero-order valence-electron chi connectivity index (χ0n) is 73.9. The highest BCUT2D eigenvalue weighted by Crippen LogP contribution is 2.41. The van der Waals surface area contributed by atoms with Crippen LogP contribution in [0.5, 0.6) is 0 Å². The van der Waals surface area contributed by atoms with Crippen LogP contribution in [-0.2, 0) is 43.2 Å². The van der Waals surface area contributed by atoms with Crippen LogP contribution in [0.1, 0.15) is 136 Å². The van der Waals surface area contributed by atoms with E-state index in [-0.39, 0.29) is 192 Å². The first-order valence-electron chi connectivity index (χ1n) is 42.2. The van der Waals surface area contributed by atoms with Crippen LogP contribution in [0.4, 0.5) is 11.4 Å². The Labute approximate surface area is 756 Å². The molecule has 0 saturated carbocycles. The second-order valence-corrected chi connectivity index (χ2v) is 30.9. The van der Waals surface area contributed by atoms with Gasteiger partial charge >= 0.3 is 23.1 Å². The summed E-state index contributed by atoms with van der Waals surface area (Å²) in [7, 11) is 7.49. The first-order chi connectivity index (χ1) is 62.0. The number of amides is 9. The van der Waals surface area contributed by atoms with Crippen LogP contribution in [0.3, 0.4) is 0 Å². The number of carbonyl (C=O) groups excluding carboxylic acids is 9. The van der Waals surface area contributed by atoms with Crippen molar-refractivity contribution in [1.29, 1.82) is 48.7 Å². The van der Waals surface area contributed by atoms with E-state index in [4.69, 9.17) is 105 Å². The van der Waals surface area contributed by atoms with Crippen LogP contribution in [-0.4, -0.2) is 270 Å². The maximum atomic E-state index is 15.0. The highest BCUT2D eigenvalue weighted by molar-refractivity contribution is 6.14. The molecule has 4 aromatic rings. The molecule has 47 N–H and O–H groups in total. The van der Waals surface area contributed by atoms with E-state index in [9.17, 15) is 58.2 Å². The van der Waals surface area contributed by atoms with Gasteiger partial charge in [0.15, 0.2) is 53.6 Å². The predicted octanol–water partition coefficient (Wildman–Crippen LogP) is -6.20. The standard InChI is InChI=1S/C79H130N38O14/c1-116(2)42-24-27-45-57(39-42)131-58-40-43(117(3)4)25-28-46(58)59(45)44-26-23-41(38-47(44)69(127)128)60(118)115-79(97)106-37-5-14-48(80)61(119)107-49(15-6-29-98-71(81)82)62(120)108-50(16-7-30-99-72(83)84)63(121)109-51(17-8-31-100-73(85)86)64(122)110-52(18-9-32-101-74(87)88)65(123)111-53(19-10-33-102-75(89)90)66(124)112-54(20-11-34-103-76(91)92)67(125)113-55(21-12-35-104-77(93)94)68(126)114-56(70(129)130)22-13-36-105-78(95)96/h23-28,38-40,48-56H,5-22,29-37,80H2,1-4H3,(H44-,81,82,83,84,85,86,87,88,89,90,91,92,93,94,95,96,97,98,99,100,101,102,103,104,105,106,107,108,109,110,111,112,113,114,115,118,119,120,121,122,123,124,125,126,127,128,129,130)/p+1/t48-,49-,50-,51-,52-,53-,54-,55-,56-/m0/s1. The number of nitrogens with two attached hydrogens (primary N) is 9. The number of benzene rings is 3. The minimum atomic E-state index is -1.63. The largest absolute Gasteiger partial charge is 0.480 e. The minimum Gasteiger partial charge on any atom is -0.480 e. The van der Waals surface area contributed by atoms with E-state index in [0.717, 1.165) is 11.4 Å². The van der Waals surface area contributed by atoms with Gasteiger partial charge in [-0.3, -0.25) is 97.2 Å². The van der Waals surface area contributed by atoms with E-state index in [1.807, 2.05) is 74.4 Å². The Balaban J connectivity index is 1.64.